The van der Waals surface area contributed by atoms with Crippen LogP contribution < -0.4 is 10.1 Å². The molecule has 2 aromatic carbocycles. The van der Waals surface area contributed by atoms with Crippen molar-refractivity contribution >= 4 is 62.2 Å². The second-order valence-electron chi connectivity index (χ2n) is 6.67. The Kier molecular flexibility index (Phi) is 6.97. The van der Waals surface area contributed by atoms with E-state index in [0.717, 1.165) is 16.9 Å². The summed E-state index contributed by atoms with van der Waals surface area (Å²) in [6, 6.07) is 16.5. The van der Waals surface area contributed by atoms with Gasteiger partial charge in [-0.05, 0) is 69.3 Å². The lowest BCUT2D eigenvalue weighted by molar-refractivity contribution is 0.103. The molecule has 2 aromatic heterocycles. The van der Waals surface area contributed by atoms with Crippen LogP contribution in [-0.2, 0) is 13.2 Å². The maximum absolute atomic E-state index is 12.7. The van der Waals surface area contributed by atoms with Gasteiger partial charge in [0.05, 0.1) is 15.9 Å². The quantitative estimate of drug-likeness (QED) is 0.279. The van der Waals surface area contributed by atoms with Crippen molar-refractivity contribution in [2.75, 3.05) is 5.32 Å². The van der Waals surface area contributed by atoms with Gasteiger partial charge in [0.15, 0.2) is 5.82 Å². The lowest BCUT2D eigenvalue weighted by Gasteiger charge is -2.04. The first-order valence-electron chi connectivity index (χ1n) is 9.21. The number of aromatic nitrogens is 2. The van der Waals surface area contributed by atoms with E-state index < -0.39 is 0 Å². The largest absolute Gasteiger partial charge is 0.489 e. The van der Waals surface area contributed by atoms with Crippen LogP contribution in [0.15, 0.2) is 70.6 Å². The molecule has 5 nitrogen and oxygen atoms in total. The minimum atomic E-state index is -0.222. The van der Waals surface area contributed by atoms with Crippen LogP contribution in [0.5, 0.6) is 5.75 Å². The summed E-state index contributed by atoms with van der Waals surface area (Å²) in [5.74, 6) is 0.961. The third-order valence-electron chi connectivity index (χ3n) is 4.30. The summed E-state index contributed by atoms with van der Waals surface area (Å²) in [6.07, 6.45) is 1.82. The number of hydrogen-bond acceptors (Lipinski definition) is 4. The molecule has 9 heteroatoms. The monoisotopic (exact) mass is 535 g/mol. The fourth-order valence-corrected chi connectivity index (χ4v) is 4.24. The Morgan fingerprint density at radius 3 is 2.45 bits per heavy atom. The third-order valence-corrected chi connectivity index (χ3v) is 6.37. The molecule has 0 bridgehead atoms. The van der Waals surface area contributed by atoms with Gasteiger partial charge in [-0.3, -0.25) is 9.48 Å². The predicted molar refractivity (Wildman–Crippen MR) is 129 cm³/mol. The summed E-state index contributed by atoms with van der Waals surface area (Å²) >= 11 is 16.6. The Morgan fingerprint density at radius 2 is 1.74 bits per heavy atom. The van der Waals surface area contributed by atoms with Gasteiger partial charge >= 0.3 is 0 Å². The number of amides is 1. The first-order valence-corrected chi connectivity index (χ1v) is 11.6. The molecule has 1 N–H and O–H groups in total. The van der Waals surface area contributed by atoms with Crippen molar-refractivity contribution in [2.45, 2.75) is 13.2 Å². The fourth-order valence-electron chi connectivity index (χ4n) is 2.78. The zero-order valence-electron chi connectivity index (χ0n) is 16.0. The molecule has 0 radical (unpaired) electrons. The standard InChI is InChI=1S/C22H16BrCl2N3O2S/c23-19-11-28(10-14-1-3-16(24)4-2-14)27-21(19)26-22(29)20-9-15(13-31-20)12-30-18-7-5-17(25)6-8-18/h1-9,11,13H,10,12H2,(H,26,27,29). The summed E-state index contributed by atoms with van der Waals surface area (Å²) in [5.41, 5.74) is 1.97. The number of carbonyl (C=O) groups is 1. The molecule has 0 aliphatic carbocycles. The number of carbonyl (C=O) groups excluding carboxylic acids is 1. The number of benzene rings is 2. The van der Waals surface area contributed by atoms with E-state index in [4.69, 9.17) is 27.9 Å². The number of halogens is 3. The normalized spacial score (nSPS) is 10.8. The molecule has 2 heterocycles. The Hall–Kier alpha value is -2.32. The first kappa shape index (κ1) is 21.9. The number of nitrogens with one attached hydrogen (secondary N) is 1. The highest BCUT2D eigenvalue weighted by Gasteiger charge is 2.14. The van der Waals surface area contributed by atoms with E-state index in [0.29, 0.717) is 38.4 Å². The van der Waals surface area contributed by atoms with Gasteiger partial charge < -0.3 is 10.1 Å². The van der Waals surface area contributed by atoms with Gasteiger partial charge in [0, 0.05) is 21.8 Å². The molecule has 0 aliphatic heterocycles. The van der Waals surface area contributed by atoms with Crippen LogP contribution >= 0.6 is 50.5 Å². The summed E-state index contributed by atoms with van der Waals surface area (Å²) in [4.78, 5) is 13.2. The maximum atomic E-state index is 12.7. The highest BCUT2D eigenvalue weighted by atomic mass is 79.9. The zero-order chi connectivity index (χ0) is 21.8. The SMILES string of the molecule is O=C(Nc1nn(Cc2ccc(Cl)cc2)cc1Br)c1cc(COc2ccc(Cl)cc2)cs1. The van der Waals surface area contributed by atoms with E-state index in [2.05, 4.69) is 26.3 Å². The van der Waals surface area contributed by atoms with Crippen molar-refractivity contribution < 1.29 is 9.53 Å². The Labute approximate surface area is 201 Å². The number of ether oxygens (including phenoxy) is 1. The molecule has 0 atom stereocenters. The lowest BCUT2D eigenvalue weighted by atomic mass is 10.2. The van der Waals surface area contributed by atoms with E-state index in [9.17, 15) is 4.79 Å². The van der Waals surface area contributed by atoms with Crippen LogP contribution in [0.25, 0.3) is 0 Å². The summed E-state index contributed by atoms with van der Waals surface area (Å²) < 4.78 is 8.19. The minimum Gasteiger partial charge on any atom is -0.489 e. The number of anilines is 1. The van der Waals surface area contributed by atoms with Crippen molar-refractivity contribution in [3.8, 4) is 5.75 Å². The van der Waals surface area contributed by atoms with Crippen LogP contribution in [0, 0.1) is 0 Å². The minimum absolute atomic E-state index is 0.222. The molecule has 4 rings (SSSR count). The Balaban J connectivity index is 1.36. The van der Waals surface area contributed by atoms with Crippen molar-refractivity contribution in [1.82, 2.24) is 9.78 Å². The smallest absolute Gasteiger partial charge is 0.266 e. The molecular weight excluding hydrogens is 521 g/mol. The molecule has 0 spiro atoms. The van der Waals surface area contributed by atoms with E-state index in [1.165, 1.54) is 11.3 Å². The van der Waals surface area contributed by atoms with Gasteiger partial charge in [-0.15, -0.1) is 11.3 Å². The molecule has 31 heavy (non-hydrogen) atoms. The van der Waals surface area contributed by atoms with E-state index >= 15 is 0 Å². The molecule has 158 valence electrons. The average Bonchev–Trinajstić information content (AvgIpc) is 3.36. The summed E-state index contributed by atoms with van der Waals surface area (Å²) in [5, 5.41) is 10.6. The highest BCUT2D eigenvalue weighted by Crippen LogP contribution is 2.24. The number of nitrogens with zero attached hydrogens (tertiary/aromatic N) is 2. The zero-order valence-corrected chi connectivity index (χ0v) is 19.9. The van der Waals surface area contributed by atoms with E-state index in [1.54, 1.807) is 28.9 Å². The molecule has 0 fully saturated rings. The van der Waals surface area contributed by atoms with Gasteiger partial charge in [0.25, 0.3) is 5.91 Å². The topological polar surface area (TPSA) is 56.2 Å². The Bertz CT molecular complexity index is 1190. The van der Waals surface area contributed by atoms with Crippen LogP contribution in [0.4, 0.5) is 5.82 Å². The predicted octanol–water partition coefficient (Wildman–Crippen LogP) is 6.89. The molecule has 0 unspecified atom stereocenters. The second-order valence-corrected chi connectivity index (χ2v) is 9.30. The van der Waals surface area contributed by atoms with Crippen molar-refractivity contribution in [3.05, 3.63) is 96.7 Å². The van der Waals surface area contributed by atoms with Crippen molar-refractivity contribution in [1.29, 1.82) is 0 Å². The van der Waals surface area contributed by atoms with Crippen molar-refractivity contribution in [2.24, 2.45) is 0 Å². The summed E-state index contributed by atoms with van der Waals surface area (Å²) in [6.45, 7) is 0.932. The summed E-state index contributed by atoms with van der Waals surface area (Å²) in [7, 11) is 0. The average molecular weight is 537 g/mol. The van der Waals surface area contributed by atoms with Crippen molar-refractivity contribution in [3.63, 3.8) is 0 Å². The number of thiophene rings is 1. The van der Waals surface area contributed by atoms with Gasteiger partial charge in [-0.25, -0.2) is 0 Å². The van der Waals surface area contributed by atoms with Crippen LogP contribution in [0.1, 0.15) is 20.8 Å². The van der Waals surface area contributed by atoms with E-state index in [-0.39, 0.29) is 5.91 Å². The Morgan fingerprint density at radius 1 is 1.06 bits per heavy atom. The fraction of sp³-hybridized carbons (Fsp3) is 0.0909. The highest BCUT2D eigenvalue weighted by molar-refractivity contribution is 9.10. The molecule has 4 aromatic rings. The van der Waals surface area contributed by atoms with E-state index in [1.807, 2.05) is 41.9 Å². The van der Waals surface area contributed by atoms with Gasteiger partial charge in [0.2, 0.25) is 0 Å². The maximum Gasteiger partial charge on any atom is 0.266 e. The number of hydrogen-bond donors (Lipinski definition) is 1. The number of rotatable bonds is 7. The molecular formula is C22H16BrCl2N3O2S. The van der Waals surface area contributed by atoms with Gasteiger partial charge in [-0.2, -0.15) is 5.10 Å². The third kappa shape index (κ3) is 5.89. The molecule has 1 amide bonds. The lowest BCUT2D eigenvalue weighted by Crippen LogP contribution is -2.11. The molecule has 0 aliphatic rings. The molecule has 0 saturated carbocycles. The van der Waals surface area contributed by atoms with Crippen LogP contribution in [0.2, 0.25) is 10.0 Å². The molecule has 0 saturated heterocycles. The van der Waals surface area contributed by atoms with Crippen LogP contribution in [0.3, 0.4) is 0 Å². The van der Waals surface area contributed by atoms with Gasteiger partial charge in [-0.1, -0.05) is 35.3 Å². The first-order chi connectivity index (χ1) is 15.0. The second kappa shape index (κ2) is 9.87. The van der Waals surface area contributed by atoms with Gasteiger partial charge in [0.1, 0.15) is 12.4 Å². The van der Waals surface area contributed by atoms with Crippen LogP contribution in [-0.4, -0.2) is 15.7 Å².